The predicted octanol–water partition coefficient (Wildman–Crippen LogP) is 1.58. The lowest BCUT2D eigenvalue weighted by Crippen LogP contribution is -2.35. The highest BCUT2D eigenvalue weighted by atomic mass is 15.3. The number of pyridine rings is 1. The van der Waals surface area contributed by atoms with Gasteiger partial charge in [-0.1, -0.05) is 0 Å². The quantitative estimate of drug-likeness (QED) is 0.928. The Hall–Kier alpha value is -1.95. The summed E-state index contributed by atoms with van der Waals surface area (Å²) in [4.78, 5) is 6.76. The van der Waals surface area contributed by atoms with E-state index >= 15 is 0 Å². The Bertz CT molecular complexity index is 613. The molecule has 0 fully saturated rings. The average Bonchev–Trinajstić information content (AvgIpc) is 2.92. The van der Waals surface area contributed by atoms with E-state index in [1.807, 2.05) is 6.20 Å². The zero-order chi connectivity index (χ0) is 14.9. The van der Waals surface area contributed by atoms with Crippen LogP contribution in [0.15, 0.2) is 24.7 Å². The number of nitrogens with zero attached hydrogens (tertiary/aromatic N) is 5. The van der Waals surface area contributed by atoms with Crippen molar-refractivity contribution in [3.05, 3.63) is 36.0 Å². The van der Waals surface area contributed by atoms with Crippen molar-refractivity contribution in [2.24, 2.45) is 0 Å². The second-order valence-electron chi connectivity index (χ2n) is 6.49. The molecule has 0 bridgehead atoms. The highest BCUT2D eigenvalue weighted by molar-refractivity contribution is 5.41. The molecule has 3 heterocycles. The molecular weight excluding hydrogens is 264 g/mol. The summed E-state index contributed by atoms with van der Waals surface area (Å²) < 4.78 is 2.10. The Morgan fingerprint density at radius 3 is 2.95 bits per heavy atom. The Balaban J connectivity index is 1.72. The van der Waals surface area contributed by atoms with Crippen molar-refractivity contribution >= 4 is 5.82 Å². The van der Waals surface area contributed by atoms with Crippen LogP contribution in [0.25, 0.3) is 0 Å². The minimum absolute atomic E-state index is 0.116. The van der Waals surface area contributed by atoms with Crippen LogP contribution in [0.2, 0.25) is 0 Å². The largest absolute Gasteiger partial charge is 0.347 e. The van der Waals surface area contributed by atoms with Crippen LogP contribution in [0.4, 0.5) is 5.82 Å². The van der Waals surface area contributed by atoms with Gasteiger partial charge in [0.1, 0.15) is 12.1 Å². The lowest BCUT2D eigenvalue weighted by molar-refractivity contribution is 0.424. The summed E-state index contributed by atoms with van der Waals surface area (Å²) in [5.41, 5.74) is 1.37. The van der Waals surface area contributed by atoms with Crippen molar-refractivity contribution in [3.8, 4) is 0 Å². The molecule has 0 radical (unpaired) electrons. The lowest BCUT2D eigenvalue weighted by Gasteiger charge is -2.28. The number of rotatable bonds is 3. The van der Waals surface area contributed by atoms with Gasteiger partial charge in [-0.15, -0.1) is 10.2 Å². The van der Waals surface area contributed by atoms with Crippen LogP contribution in [0.5, 0.6) is 0 Å². The molecule has 0 unspecified atom stereocenters. The van der Waals surface area contributed by atoms with Gasteiger partial charge in [-0.05, 0) is 38.5 Å². The third-order valence-corrected chi connectivity index (χ3v) is 3.60. The van der Waals surface area contributed by atoms with Gasteiger partial charge in [0.25, 0.3) is 0 Å². The first kappa shape index (κ1) is 14.0. The number of fused-ring (bicyclic) bond motifs is 1. The molecule has 0 saturated carbocycles. The van der Waals surface area contributed by atoms with Gasteiger partial charge in [0.05, 0.1) is 6.54 Å². The SMILES string of the molecule is CC(C)(C)NCc1ccnc(N2CCn3cnnc3C2)c1. The van der Waals surface area contributed by atoms with Crippen molar-refractivity contribution in [1.29, 1.82) is 0 Å². The summed E-state index contributed by atoms with van der Waals surface area (Å²) >= 11 is 0. The van der Waals surface area contributed by atoms with Gasteiger partial charge in [0.2, 0.25) is 0 Å². The summed E-state index contributed by atoms with van der Waals surface area (Å²) in [6.45, 7) is 9.99. The smallest absolute Gasteiger partial charge is 0.152 e. The Labute approximate surface area is 125 Å². The zero-order valence-corrected chi connectivity index (χ0v) is 12.9. The van der Waals surface area contributed by atoms with Gasteiger partial charge in [-0.2, -0.15) is 0 Å². The van der Waals surface area contributed by atoms with Crippen molar-refractivity contribution < 1.29 is 0 Å². The van der Waals surface area contributed by atoms with E-state index in [4.69, 9.17) is 0 Å². The van der Waals surface area contributed by atoms with Gasteiger partial charge in [-0.3, -0.25) is 0 Å². The molecule has 2 aromatic heterocycles. The predicted molar refractivity (Wildman–Crippen MR) is 81.9 cm³/mol. The number of hydrogen-bond acceptors (Lipinski definition) is 5. The van der Waals surface area contributed by atoms with Gasteiger partial charge >= 0.3 is 0 Å². The first-order chi connectivity index (χ1) is 10.0. The molecular formula is C15H22N6. The number of nitrogens with one attached hydrogen (secondary N) is 1. The maximum Gasteiger partial charge on any atom is 0.152 e. The van der Waals surface area contributed by atoms with Crippen LogP contribution in [-0.2, 0) is 19.6 Å². The molecule has 21 heavy (non-hydrogen) atoms. The van der Waals surface area contributed by atoms with E-state index in [0.29, 0.717) is 0 Å². The summed E-state index contributed by atoms with van der Waals surface area (Å²) in [5, 5.41) is 11.6. The van der Waals surface area contributed by atoms with E-state index in [1.165, 1.54) is 5.56 Å². The molecule has 1 N–H and O–H groups in total. The average molecular weight is 286 g/mol. The van der Waals surface area contributed by atoms with Gasteiger partial charge in [-0.25, -0.2) is 4.98 Å². The molecule has 0 atom stereocenters. The van der Waals surface area contributed by atoms with E-state index < -0.39 is 0 Å². The fraction of sp³-hybridized carbons (Fsp3) is 0.533. The molecule has 0 aromatic carbocycles. The summed E-state index contributed by atoms with van der Waals surface area (Å²) in [7, 11) is 0. The third-order valence-electron chi connectivity index (χ3n) is 3.60. The van der Waals surface area contributed by atoms with E-state index in [0.717, 1.165) is 37.8 Å². The zero-order valence-electron chi connectivity index (χ0n) is 12.9. The Morgan fingerprint density at radius 1 is 1.29 bits per heavy atom. The molecule has 6 nitrogen and oxygen atoms in total. The van der Waals surface area contributed by atoms with Crippen LogP contribution in [0.1, 0.15) is 32.2 Å². The summed E-state index contributed by atoms with van der Waals surface area (Å²) in [5.74, 6) is 2.01. The molecule has 1 aliphatic rings. The molecule has 0 saturated heterocycles. The first-order valence-corrected chi connectivity index (χ1v) is 7.33. The second-order valence-corrected chi connectivity index (χ2v) is 6.49. The lowest BCUT2D eigenvalue weighted by atomic mass is 10.1. The molecule has 3 rings (SSSR count). The molecule has 112 valence electrons. The molecule has 1 aliphatic heterocycles. The van der Waals surface area contributed by atoms with Crippen LogP contribution < -0.4 is 10.2 Å². The van der Waals surface area contributed by atoms with Crippen LogP contribution in [0, 0.1) is 0 Å². The molecule has 2 aromatic rings. The van der Waals surface area contributed by atoms with Crippen molar-refractivity contribution in [1.82, 2.24) is 25.1 Å². The van der Waals surface area contributed by atoms with Crippen LogP contribution in [-0.4, -0.2) is 31.8 Å². The maximum atomic E-state index is 4.51. The number of anilines is 1. The van der Waals surface area contributed by atoms with Crippen LogP contribution in [0.3, 0.4) is 0 Å². The highest BCUT2D eigenvalue weighted by Gasteiger charge is 2.18. The fourth-order valence-electron chi connectivity index (χ4n) is 2.37. The monoisotopic (exact) mass is 286 g/mol. The molecule has 0 amide bonds. The molecule has 0 spiro atoms. The fourth-order valence-corrected chi connectivity index (χ4v) is 2.37. The number of aromatic nitrogens is 4. The van der Waals surface area contributed by atoms with E-state index in [9.17, 15) is 0 Å². The van der Waals surface area contributed by atoms with Gasteiger partial charge in [0, 0.05) is 31.4 Å². The third kappa shape index (κ3) is 3.39. The summed E-state index contributed by atoms with van der Waals surface area (Å²) in [6, 6.07) is 4.22. The minimum Gasteiger partial charge on any atom is -0.347 e. The number of hydrogen-bond donors (Lipinski definition) is 1. The van der Waals surface area contributed by atoms with Crippen molar-refractivity contribution in [2.45, 2.75) is 45.9 Å². The first-order valence-electron chi connectivity index (χ1n) is 7.33. The Kier molecular flexibility index (Phi) is 3.63. The highest BCUT2D eigenvalue weighted by Crippen LogP contribution is 2.18. The normalized spacial score (nSPS) is 15.1. The van der Waals surface area contributed by atoms with Crippen molar-refractivity contribution in [3.63, 3.8) is 0 Å². The summed E-state index contributed by atoms with van der Waals surface area (Å²) in [6.07, 6.45) is 3.68. The topological polar surface area (TPSA) is 58.9 Å². The van der Waals surface area contributed by atoms with Crippen LogP contribution >= 0.6 is 0 Å². The van der Waals surface area contributed by atoms with E-state index in [2.05, 4.69) is 62.9 Å². The van der Waals surface area contributed by atoms with E-state index in [-0.39, 0.29) is 5.54 Å². The van der Waals surface area contributed by atoms with Gasteiger partial charge < -0.3 is 14.8 Å². The van der Waals surface area contributed by atoms with Gasteiger partial charge in [0.15, 0.2) is 5.82 Å². The molecule has 0 aliphatic carbocycles. The maximum absolute atomic E-state index is 4.51. The van der Waals surface area contributed by atoms with Crippen molar-refractivity contribution in [2.75, 3.05) is 11.4 Å². The standard InChI is InChI=1S/C15H22N6/c1-15(2,3)17-9-12-4-5-16-13(8-12)20-6-7-21-11-18-19-14(21)10-20/h4-5,8,11,17H,6-7,9-10H2,1-3H3. The Morgan fingerprint density at radius 2 is 2.14 bits per heavy atom. The van der Waals surface area contributed by atoms with E-state index in [1.54, 1.807) is 6.33 Å². The minimum atomic E-state index is 0.116. The molecule has 6 heteroatoms. The second kappa shape index (κ2) is 5.44.